The van der Waals surface area contributed by atoms with E-state index in [1.165, 1.54) is 5.56 Å². The lowest BCUT2D eigenvalue weighted by Crippen LogP contribution is -2.42. The fourth-order valence-corrected chi connectivity index (χ4v) is 2.55. The quantitative estimate of drug-likeness (QED) is 0.774. The summed E-state index contributed by atoms with van der Waals surface area (Å²) < 4.78 is 5.48. The lowest BCUT2D eigenvalue weighted by atomic mass is 9.96. The molecule has 1 aromatic carbocycles. The molecule has 2 nitrogen and oxygen atoms in total. The number of hydrogen-bond acceptors (Lipinski definition) is 2. The van der Waals surface area contributed by atoms with Crippen LogP contribution in [-0.4, -0.2) is 31.2 Å². The van der Waals surface area contributed by atoms with E-state index < -0.39 is 0 Å². The summed E-state index contributed by atoms with van der Waals surface area (Å²) in [6.45, 7) is 5.65. The molecule has 1 saturated heterocycles. The predicted octanol–water partition coefficient (Wildman–Crippen LogP) is 2.54. The third-order valence-corrected chi connectivity index (χ3v) is 3.46. The Morgan fingerprint density at radius 1 is 1.31 bits per heavy atom. The lowest BCUT2D eigenvalue weighted by Gasteiger charge is -2.36. The van der Waals surface area contributed by atoms with Gasteiger partial charge in [-0.2, -0.15) is 0 Å². The van der Waals surface area contributed by atoms with E-state index in [2.05, 4.69) is 42.2 Å². The van der Waals surface area contributed by atoms with Gasteiger partial charge in [0.25, 0.3) is 0 Å². The average Bonchev–Trinajstić information content (AvgIpc) is 2.31. The minimum absolute atomic E-state index is 0.451. The summed E-state index contributed by atoms with van der Waals surface area (Å²) in [7, 11) is 1.83. The van der Waals surface area contributed by atoms with E-state index in [0.29, 0.717) is 12.0 Å². The molecule has 2 heteroatoms. The standard InChI is InChI=1S/C14H21NO/c1-12-10-15(9-8-14(12)16-2)11-13-6-4-3-5-7-13/h3-7,12,14H,8-11H2,1-2H3. The molecular weight excluding hydrogens is 198 g/mol. The third-order valence-electron chi connectivity index (χ3n) is 3.46. The van der Waals surface area contributed by atoms with E-state index in [1.54, 1.807) is 0 Å². The summed E-state index contributed by atoms with van der Waals surface area (Å²) >= 11 is 0. The minimum Gasteiger partial charge on any atom is -0.381 e. The molecule has 1 fully saturated rings. The Morgan fingerprint density at radius 2 is 2.06 bits per heavy atom. The molecular formula is C14H21NO. The first-order valence-electron chi connectivity index (χ1n) is 6.08. The highest BCUT2D eigenvalue weighted by atomic mass is 16.5. The maximum absolute atomic E-state index is 5.48. The van der Waals surface area contributed by atoms with Gasteiger partial charge in [-0.3, -0.25) is 4.90 Å². The summed E-state index contributed by atoms with van der Waals surface area (Å²) in [6.07, 6.45) is 1.61. The molecule has 2 rings (SSSR count). The zero-order valence-corrected chi connectivity index (χ0v) is 10.2. The summed E-state index contributed by atoms with van der Waals surface area (Å²) in [4.78, 5) is 2.52. The maximum atomic E-state index is 5.48. The number of nitrogens with zero attached hydrogens (tertiary/aromatic N) is 1. The first-order chi connectivity index (χ1) is 7.79. The largest absolute Gasteiger partial charge is 0.381 e. The van der Waals surface area contributed by atoms with Crippen molar-refractivity contribution in [2.45, 2.75) is 26.0 Å². The Kier molecular flexibility index (Phi) is 3.97. The molecule has 1 heterocycles. The normalized spacial score (nSPS) is 26.9. The second kappa shape index (κ2) is 5.46. The molecule has 16 heavy (non-hydrogen) atoms. The molecule has 1 aromatic rings. The first kappa shape index (κ1) is 11.6. The van der Waals surface area contributed by atoms with Crippen molar-refractivity contribution in [3.63, 3.8) is 0 Å². The molecule has 0 radical (unpaired) electrons. The smallest absolute Gasteiger partial charge is 0.0621 e. The van der Waals surface area contributed by atoms with Gasteiger partial charge in [-0.1, -0.05) is 37.3 Å². The van der Waals surface area contributed by atoms with E-state index in [0.717, 1.165) is 26.1 Å². The van der Waals surface area contributed by atoms with Crippen molar-refractivity contribution in [3.8, 4) is 0 Å². The molecule has 2 atom stereocenters. The monoisotopic (exact) mass is 219 g/mol. The van der Waals surface area contributed by atoms with Gasteiger partial charge in [0.2, 0.25) is 0 Å². The van der Waals surface area contributed by atoms with Gasteiger partial charge >= 0.3 is 0 Å². The Balaban J connectivity index is 1.89. The van der Waals surface area contributed by atoms with E-state index >= 15 is 0 Å². The van der Waals surface area contributed by atoms with Crippen molar-refractivity contribution >= 4 is 0 Å². The molecule has 0 bridgehead atoms. The SMILES string of the molecule is COC1CCN(Cc2ccccc2)CC1C. The lowest BCUT2D eigenvalue weighted by molar-refractivity contribution is -0.00168. The molecule has 2 unspecified atom stereocenters. The zero-order valence-electron chi connectivity index (χ0n) is 10.2. The van der Waals surface area contributed by atoms with Gasteiger partial charge in [0.05, 0.1) is 6.10 Å². The first-order valence-corrected chi connectivity index (χ1v) is 6.08. The molecule has 1 aliphatic rings. The fourth-order valence-electron chi connectivity index (χ4n) is 2.55. The van der Waals surface area contributed by atoms with Gasteiger partial charge in [-0.25, -0.2) is 0 Å². The highest BCUT2D eigenvalue weighted by molar-refractivity contribution is 5.14. The van der Waals surface area contributed by atoms with Crippen LogP contribution in [0.3, 0.4) is 0 Å². The van der Waals surface area contributed by atoms with Crippen LogP contribution in [0, 0.1) is 5.92 Å². The number of hydrogen-bond donors (Lipinski definition) is 0. The average molecular weight is 219 g/mol. The van der Waals surface area contributed by atoms with Crippen LogP contribution in [0.25, 0.3) is 0 Å². The summed E-state index contributed by atoms with van der Waals surface area (Å²) in [5.41, 5.74) is 1.41. The fraction of sp³-hybridized carbons (Fsp3) is 0.571. The molecule has 0 amide bonds. The second-order valence-corrected chi connectivity index (χ2v) is 4.76. The Bertz CT molecular complexity index is 312. The van der Waals surface area contributed by atoms with Crippen LogP contribution in [0.5, 0.6) is 0 Å². The summed E-state index contributed by atoms with van der Waals surface area (Å²) in [5.74, 6) is 0.641. The molecule has 1 aliphatic heterocycles. The van der Waals surface area contributed by atoms with Crippen LogP contribution < -0.4 is 0 Å². The van der Waals surface area contributed by atoms with Gasteiger partial charge in [0.1, 0.15) is 0 Å². The van der Waals surface area contributed by atoms with Gasteiger partial charge in [0.15, 0.2) is 0 Å². The van der Waals surface area contributed by atoms with Crippen LogP contribution in [0.1, 0.15) is 18.9 Å². The number of ether oxygens (including phenoxy) is 1. The topological polar surface area (TPSA) is 12.5 Å². The molecule has 0 aliphatic carbocycles. The molecule has 88 valence electrons. The molecule has 0 saturated carbocycles. The Labute approximate surface area is 98.2 Å². The highest BCUT2D eigenvalue weighted by Gasteiger charge is 2.25. The van der Waals surface area contributed by atoms with E-state index in [-0.39, 0.29) is 0 Å². The van der Waals surface area contributed by atoms with Crippen molar-refractivity contribution in [2.75, 3.05) is 20.2 Å². The Morgan fingerprint density at radius 3 is 2.69 bits per heavy atom. The summed E-state index contributed by atoms with van der Waals surface area (Å²) in [6, 6.07) is 10.7. The van der Waals surface area contributed by atoms with Crippen LogP contribution in [0.4, 0.5) is 0 Å². The zero-order chi connectivity index (χ0) is 11.4. The van der Waals surface area contributed by atoms with Crippen molar-refractivity contribution in [1.82, 2.24) is 4.90 Å². The van der Waals surface area contributed by atoms with Crippen molar-refractivity contribution in [1.29, 1.82) is 0 Å². The van der Waals surface area contributed by atoms with E-state index in [9.17, 15) is 0 Å². The van der Waals surface area contributed by atoms with Crippen molar-refractivity contribution in [3.05, 3.63) is 35.9 Å². The summed E-state index contributed by atoms with van der Waals surface area (Å²) in [5, 5.41) is 0. The molecule has 0 spiro atoms. The molecule has 0 N–H and O–H groups in total. The van der Waals surface area contributed by atoms with Gasteiger partial charge < -0.3 is 4.74 Å². The highest BCUT2D eigenvalue weighted by Crippen LogP contribution is 2.20. The van der Waals surface area contributed by atoms with Crippen LogP contribution in [0.2, 0.25) is 0 Å². The van der Waals surface area contributed by atoms with Crippen LogP contribution >= 0.6 is 0 Å². The number of piperidine rings is 1. The minimum atomic E-state index is 0.451. The van der Waals surface area contributed by atoms with E-state index in [4.69, 9.17) is 4.74 Å². The van der Waals surface area contributed by atoms with E-state index in [1.807, 2.05) is 7.11 Å². The second-order valence-electron chi connectivity index (χ2n) is 4.76. The maximum Gasteiger partial charge on any atom is 0.0621 e. The van der Waals surface area contributed by atoms with Crippen LogP contribution in [-0.2, 0) is 11.3 Å². The molecule has 0 aromatic heterocycles. The van der Waals surface area contributed by atoms with Gasteiger partial charge in [-0.05, 0) is 17.9 Å². The van der Waals surface area contributed by atoms with Gasteiger partial charge in [-0.15, -0.1) is 0 Å². The van der Waals surface area contributed by atoms with Crippen LogP contribution in [0.15, 0.2) is 30.3 Å². The predicted molar refractivity (Wildman–Crippen MR) is 66.3 cm³/mol. The number of methoxy groups -OCH3 is 1. The number of likely N-dealkylation sites (tertiary alicyclic amines) is 1. The number of benzene rings is 1. The third kappa shape index (κ3) is 2.83. The number of rotatable bonds is 3. The van der Waals surface area contributed by atoms with Gasteiger partial charge in [0, 0.05) is 26.7 Å². The Hall–Kier alpha value is -0.860. The van der Waals surface area contributed by atoms with Crippen molar-refractivity contribution in [2.24, 2.45) is 5.92 Å². The van der Waals surface area contributed by atoms with Crippen molar-refractivity contribution < 1.29 is 4.74 Å².